The van der Waals surface area contributed by atoms with Crippen LogP contribution in [0.3, 0.4) is 0 Å². The number of hydrogen-bond acceptors (Lipinski definition) is 5. The van der Waals surface area contributed by atoms with Crippen LogP contribution in [0.2, 0.25) is 0 Å². The van der Waals surface area contributed by atoms with Gasteiger partial charge < -0.3 is 15.0 Å². The first-order chi connectivity index (χ1) is 14.9. The molecule has 1 fully saturated rings. The highest BCUT2D eigenvalue weighted by atomic mass is 19.3. The molecule has 2 aromatic heterocycles. The molecule has 0 atom stereocenters. The Morgan fingerprint density at radius 3 is 2.84 bits per heavy atom. The average Bonchev–Trinajstić information content (AvgIpc) is 3.01. The zero-order valence-electron chi connectivity index (χ0n) is 17.2. The number of nitrogens with one attached hydrogen (secondary N) is 1. The Labute approximate surface area is 178 Å². The minimum Gasteiger partial charge on any atom is -0.471 e. The highest BCUT2D eigenvalue weighted by Gasteiger charge is 2.31. The number of rotatable bonds is 8. The molecule has 1 aliphatic heterocycles. The van der Waals surface area contributed by atoms with Gasteiger partial charge in [0, 0.05) is 42.0 Å². The molecule has 1 aliphatic carbocycles. The first-order valence-corrected chi connectivity index (χ1v) is 10.3. The molecule has 1 N–H and O–H groups in total. The van der Waals surface area contributed by atoms with E-state index in [2.05, 4.69) is 15.3 Å². The lowest BCUT2D eigenvalue weighted by atomic mass is 9.83. The van der Waals surface area contributed by atoms with E-state index in [9.17, 15) is 18.4 Å². The van der Waals surface area contributed by atoms with Gasteiger partial charge in [-0.2, -0.15) is 0 Å². The Morgan fingerprint density at radius 2 is 2.16 bits per heavy atom. The van der Waals surface area contributed by atoms with Gasteiger partial charge in [-0.25, -0.2) is 18.7 Å². The molecule has 7 nitrogen and oxygen atoms in total. The van der Waals surface area contributed by atoms with Crippen molar-refractivity contribution in [2.75, 3.05) is 11.9 Å². The maximum Gasteiger partial charge on any atom is 0.272 e. The third kappa shape index (κ3) is 4.81. The van der Waals surface area contributed by atoms with E-state index in [1.165, 1.54) is 18.8 Å². The number of nitrogens with zero attached hydrogens (tertiary/aromatic N) is 3. The van der Waals surface area contributed by atoms with Crippen LogP contribution < -0.4 is 10.1 Å². The number of carbonyl (C=O) groups is 2. The molecule has 4 rings (SSSR count). The van der Waals surface area contributed by atoms with E-state index in [0.717, 1.165) is 18.4 Å². The molecule has 164 valence electrons. The topological polar surface area (TPSA) is 84.4 Å². The number of aromatic nitrogens is 2. The van der Waals surface area contributed by atoms with Gasteiger partial charge in [0.15, 0.2) is 6.61 Å². The summed E-state index contributed by atoms with van der Waals surface area (Å²) in [6.07, 6.45) is 4.29. The molecule has 0 aromatic carbocycles. The van der Waals surface area contributed by atoms with Gasteiger partial charge in [0.25, 0.3) is 12.3 Å². The summed E-state index contributed by atoms with van der Waals surface area (Å²) in [7, 11) is 0. The monoisotopic (exact) mass is 430 g/mol. The maximum absolute atomic E-state index is 12.9. The first-order valence-electron chi connectivity index (χ1n) is 10.3. The van der Waals surface area contributed by atoms with Crippen molar-refractivity contribution in [3.05, 3.63) is 46.8 Å². The van der Waals surface area contributed by atoms with Crippen LogP contribution in [0.1, 0.15) is 52.7 Å². The van der Waals surface area contributed by atoms with Crippen LogP contribution in [-0.4, -0.2) is 39.7 Å². The second-order valence-electron chi connectivity index (χ2n) is 8.06. The summed E-state index contributed by atoms with van der Waals surface area (Å²) in [4.78, 5) is 35.2. The van der Waals surface area contributed by atoms with E-state index in [-0.39, 0.29) is 17.7 Å². The minimum absolute atomic E-state index is 0.0734. The predicted molar refractivity (Wildman–Crippen MR) is 109 cm³/mol. The fraction of sp³-hybridized carbons (Fsp3) is 0.455. The Balaban J connectivity index is 1.43. The van der Waals surface area contributed by atoms with Crippen molar-refractivity contribution in [3.8, 4) is 5.88 Å². The lowest BCUT2D eigenvalue weighted by molar-refractivity contribution is -0.117. The highest BCUT2D eigenvalue weighted by Crippen LogP contribution is 2.32. The van der Waals surface area contributed by atoms with E-state index in [4.69, 9.17) is 4.74 Å². The van der Waals surface area contributed by atoms with Crippen molar-refractivity contribution in [3.63, 3.8) is 0 Å². The number of amides is 2. The molecule has 31 heavy (non-hydrogen) atoms. The zero-order valence-corrected chi connectivity index (χ0v) is 17.2. The van der Waals surface area contributed by atoms with Gasteiger partial charge in [-0.1, -0.05) is 6.42 Å². The van der Waals surface area contributed by atoms with Crippen molar-refractivity contribution in [1.82, 2.24) is 14.9 Å². The SMILES string of the molecule is Cc1cc(CN2Cc3c(ccnc3NC(=O)CC3CCC3)C2=O)cnc1OCC(F)F. The summed E-state index contributed by atoms with van der Waals surface area (Å²) in [5.74, 6) is 0.806. The molecule has 0 spiro atoms. The molecule has 3 heterocycles. The smallest absolute Gasteiger partial charge is 0.272 e. The molecule has 2 amide bonds. The van der Waals surface area contributed by atoms with Gasteiger partial charge in [0.1, 0.15) is 5.82 Å². The molecule has 2 aromatic rings. The summed E-state index contributed by atoms with van der Waals surface area (Å²) < 4.78 is 29.7. The van der Waals surface area contributed by atoms with Gasteiger partial charge in [0.2, 0.25) is 11.8 Å². The number of alkyl halides is 2. The highest BCUT2D eigenvalue weighted by molar-refractivity contribution is 6.01. The fourth-order valence-electron chi connectivity index (χ4n) is 3.88. The van der Waals surface area contributed by atoms with Crippen LogP contribution in [0.4, 0.5) is 14.6 Å². The summed E-state index contributed by atoms with van der Waals surface area (Å²) in [6.45, 7) is 1.63. The number of anilines is 1. The van der Waals surface area contributed by atoms with Crippen LogP contribution >= 0.6 is 0 Å². The minimum atomic E-state index is -2.57. The van der Waals surface area contributed by atoms with Gasteiger partial charge in [-0.3, -0.25) is 9.59 Å². The van der Waals surface area contributed by atoms with Gasteiger partial charge in [0.05, 0.1) is 6.54 Å². The maximum atomic E-state index is 12.9. The second-order valence-corrected chi connectivity index (χ2v) is 8.06. The lowest BCUT2D eigenvalue weighted by Crippen LogP contribution is -2.23. The molecule has 0 bridgehead atoms. The first kappa shape index (κ1) is 21.1. The average molecular weight is 430 g/mol. The van der Waals surface area contributed by atoms with E-state index < -0.39 is 13.0 Å². The van der Waals surface area contributed by atoms with Crippen LogP contribution in [0.25, 0.3) is 0 Å². The molecule has 2 aliphatic rings. The van der Waals surface area contributed by atoms with Crippen LogP contribution in [0, 0.1) is 12.8 Å². The van der Waals surface area contributed by atoms with E-state index in [1.807, 2.05) is 0 Å². The molecule has 0 saturated heterocycles. The third-order valence-electron chi connectivity index (χ3n) is 5.69. The number of halogens is 2. The van der Waals surface area contributed by atoms with E-state index in [1.54, 1.807) is 24.0 Å². The Bertz CT molecular complexity index is 995. The summed E-state index contributed by atoms with van der Waals surface area (Å²) in [6, 6.07) is 3.42. The molecular weight excluding hydrogens is 406 g/mol. The molecular formula is C22H24F2N4O3. The molecule has 9 heteroatoms. The lowest BCUT2D eigenvalue weighted by Gasteiger charge is -2.24. The second kappa shape index (κ2) is 8.95. The quantitative estimate of drug-likeness (QED) is 0.690. The van der Waals surface area contributed by atoms with E-state index in [0.29, 0.717) is 47.9 Å². The normalized spacial score (nSPS) is 15.7. The zero-order chi connectivity index (χ0) is 22.0. The summed E-state index contributed by atoms with van der Waals surface area (Å²) in [5, 5.41) is 2.87. The van der Waals surface area contributed by atoms with Crippen molar-refractivity contribution >= 4 is 17.6 Å². The number of fused-ring (bicyclic) bond motifs is 1. The number of hydrogen-bond donors (Lipinski definition) is 1. The van der Waals surface area contributed by atoms with Crippen molar-refractivity contribution < 1.29 is 23.1 Å². The Morgan fingerprint density at radius 1 is 1.35 bits per heavy atom. The predicted octanol–water partition coefficient (Wildman–Crippen LogP) is 3.71. The van der Waals surface area contributed by atoms with Gasteiger partial charge >= 0.3 is 0 Å². The van der Waals surface area contributed by atoms with Crippen LogP contribution in [0.5, 0.6) is 5.88 Å². The number of pyridine rings is 2. The van der Waals surface area contributed by atoms with Crippen molar-refractivity contribution in [2.24, 2.45) is 5.92 Å². The molecule has 0 radical (unpaired) electrons. The summed E-state index contributed by atoms with van der Waals surface area (Å²) >= 11 is 0. The van der Waals surface area contributed by atoms with Crippen LogP contribution in [0.15, 0.2) is 24.5 Å². The fourth-order valence-corrected chi connectivity index (χ4v) is 3.88. The standard InChI is InChI=1S/C22H24F2N4O3/c1-13-7-15(9-26-21(13)31-12-18(23)24)10-28-11-17-16(22(28)30)5-6-25-20(17)27-19(29)8-14-3-2-4-14/h5-7,9,14,18H,2-4,8,10-12H2,1H3,(H,25,27,29). The van der Waals surface area contributed by atoms with Crippen molar-refractivity contribution in [1.29, 1.82) is 0 Å². The summed E-state index contributed by atoms with van der Waals surface area (Å²) in [5.41, 5.74) is 2.60. The number of carbonyl (C=O) groups excluding carboxylic acids is 2. The van der Waals surface area contributed by atoms with Gasteiger partial charge in [-0.05, 0) is 43.4 Å². The molecule has 0 unspecified atom stereocenters. The van der Waals surface area contributed by atoms with Crippen LogP contribution in [-0.2, 0) is 17.9 Å². The van der Waals surface area contributed by atoms with E-state index >= 15 is 0 Å². The number of ether oxygens (including phenoxy) is 1. The Kier molecular flexibility index (Phi) is 6.11. The Hall–Kier alpha value is -3.10. The van der Waals surface area contributed by atoms with Gasteiger partial charge in [-0.15, -0.1) is 0 Å². The molecule has 1 saturated carbocycles. The van der Waals surface area contributed by atoms with Crippen molar-refractivity contribution in [2.45, 2.75) is 52.1 Å². The number of aryl methyl sites for hydroxylation is 1. The largest absolute Gasteiger partial charge is 0.471 e. The third-order valence-corrected chi connectivity index (χ3v) is 5.69.